The summed E-state index contributed by atoms with van der Waals surface area (Å²) < 4.78 is 0. The quantitative estimate of drug-likeness (QED) is 0.426. The first-order valence-electron chi connectivity index (χ1n) is 9.09. The summed E-state index contributed by atoms with van der Waals surface area (Å²) in [4.78, 5) is 33.1. The van der Waals surface area contributed by atoms with Gasteiger partial charge in [0.25, 0.3) is 11.7 Å². The van der Waals surface area contributed by atoms with Crippen molar-refractivity contribution in [3.05, 3.63) is 69.5 Å². The first-order valence-corrected chi connectivity index (χ1v) is 9.85. The van der Waals surface area contributed by atoms with Gasteiger partial charge in [-0.25, -0.2) is 0 Å². The molecule has 8 heteroatoms. The van der Waals surface area contributed by atoms with Gasteiger partial charge >= 0.3 is 0 Å². The second-order valence-electron chi connectivity index (χ2n) is 7.06. The van der Waals surface area contributed by atoms with Crippen molar-refractivity contribution in [2.45, 2.75) is 12.5 Å². The average molecular weight is 434 g/mol. The van der Waals surface area contributed by atoms with Crippen LogP contribution in [0.1, 0.15) is 23.6 Å². The number of Topliss-reactive ketones (excluding diaryl/α,β-unsaturated/α-hetero) is 1. The molecule has 1 aliphatic rings. The zero-order chi connectivity index (χ0) is 21.1. The molecule has 1 N–H and O–H groups in total. The molecule has 2 heterocycles. The number of ketones is 1. The summed E-state index contributed by atoms with van der Waals surface area (Å²) in [5.41, 5.74) is 1.06. The minimum absolute atomic E-state index is 0.0319. The molecule has 0 saturated carbocycles. The van der Waals surface area contributed by atoms with Gasteiger partial charge in [-0.05, 0) is 56.9 Å². The van der Waals surface area contributed by atoms with Crippen molar-refractivity contribution < 1.29 is 14.7 Å². The molecular formula is C21H21Cl2N3O3. The number of aliphatic hydroxyl groups excluding tert-OH is 1. The number of hydrogen-bond donors (Lipinski definition) is 1. The molecule has 152 valence electrons. The second kappa shape index (κ2) is 8.95. The van der Waals surface area contributed by atoms with E-state index in [1.807, 2.05) is 19.0 Å². The van der Waals surface area contributed by atoms with E-state index >= 15 is 0 Å². The van der Waals surface area contributed by atoms with Gasteiger partial charge in [-0.1, -0.05) is 29.3 Å². The van der Waals surface area contributed by atoms with Crippen molar-refractivity contribution in [3.63, 3.8) is 0 Å². The molecule has 3 rings (SSSR count). The summed E-state index contributed by atoms with van der Waals surface area (Å²) in [5, 5.41) is 11.6. The van der Waals surface area contributed by atoms with Crippen molar-refractivity contribution in [2.75, 3.05) is 27.2 Å². The van der Waals surface area contributed by atoms with Crippen LogP contribution in [0.25, 0.3) is 5.76 Å². The monoisotopic (exact) mass is 433 g/mol. The van der Waals surface area contributed by atoms with Gasteiger partial charge in [-0.2, -0.15) is 0 Å². The summed E-state index contributed by atoms with van der Waals surface area (Å²) in [6.45, 7) is 1.11. The predicted molar refractivity (Wildman–Crippen MR) is 113 cm³/mol. The largest absolute Gasteiger partial charge is 0.507 e. The molecule has 6 nitrogen and oxygen atoms in total. The Morgan fingerprint density at radius 1 is 1.14 bits per heavy atom. The van der Waals surface area contributed by atoms with E-state index in [0.29, 0.717) is 34.1 Å². The highest BCUT2D eigenvalue weighted by molar-refractivity contribution is 6.46. The number of carbonyl (C=O) groups is 2. The van der Waals surface area contributed by atoms with Crippen LogP contribution in [0.5, 0.6) is 0 Å². The van der Waals surface area contributed by atoms with E-state index < -0.39 is 17.7 Å². The molecule has 1 aromatic heterocycles. The van der Waals surface area contributed by atoms with Gasteiger partial charge < -0.3 is 14.9 Å². The zero-order valence-electron chi connectivity index (χ0n) is 16.1. The molecule has 29 heavy (non-hydrogen) atoms. The second-order valence-corrected chi connectivity index (χ2v) is 7.87. The number of likely N-dealkylation sites (tertiary alicyclic amines) is 1. The predicted octanol–water partition coefficient (Wildman–Crippen LogP) is 3.76. The van der Waals surface area contributed by atoms with Crippen molar-refractivity contribution in [2.24, 2.45) is 0 Å². The van der Waals surface area contributed by atoms with Crippen molar-refractivity contribution >= 4 is 40.7 Å². The van der Waals surface area contributed by atoms with Crippen LogP contribution in [-0.4, -0.2) is 58.8 Å². The maximum Gasteiger partial charge on any atom is 0.295 e. The minimum Gasteiger partial charge on any atom is -0.507 e. The normalized spacial score (nSPS) is 18.7. The molecule has 0 aliphatic carbocycles. The van der Waals surface area contributed by atoms with Gasteiger partial charge in [0.1, 0.15) is 5.76 Å². The zero-order valence-corrected chi connectivity index (χ0v) is 17.6. The van der Waals surface area contributed by atoms with Gasteiger partial charge in [0, 0.05) is 24.5 Å². The van der Waals surface area contributed by atoms with Gasteiger partial charge in [0.05, 0.1) is 21.7 Å². The summed E-state index contributed by atoms with van der Waals surface area (Å²) in [5.74, 6) is -1.60. The van der Waals surface area contributed by atoms with Crippen molar-refractivity contribution in [1.82, 2.24) is 14.8 Å². The van der Waals surface area contributed by atoms with E-state index in [-0.39, 0.29) is 11.3 Å². The number of amides is 1. The number of aromatic nitrogens is 1. The fourth-order valence-electron chi connectivity index (χ4n) is 3.36. The van der Waals surface area contributed by atoms with E-state index in [1.54, 1.807) is 30.3 Å². The van der Waals surface area contributed by atoms with Crippen LogP contribution in [0, 0.1) is 0 Å². The highest BCUT2D eigenvalue weighted by Gasteiger charge is 2.45. The number of pyridine rings is 1. The summed E-state index contributed by atoms with van der Waals surface area (Å²) in [6, 6.07) is 7.37. The summed E-state index contributed by atoms with van der Waals surface area (Å²) >= 11 is 12.2. The van der Waals surface area contributed by atoms with Crippen LogP contribution in [0.2, 0.25) is 10.0 Å². The highest BCUT2D eigenvalue weighted by atomic mass is 35.5. The Labute approximate surface area is 179 Å². The van der Waals surface area contributed by atoms with E-state index in [9.17, 15) is 14.7 Å². The van der Waals surface area contributed by atoms with Gasteiger partial charge in [-0.15, -0.1) is 0 Å². The van der Waals surface area contributed by atoms with Crippen LogP contribution in [0.15, 0.2) is 48.3 Å². The Morgan fingerprint density at radius 3 is 2.45 bits per heavy atom. The molecule has 1 amide bonds. The molecule has 0 radical (unpaired) electrons. The van der Waals surface area contributed by atoms with Gasteiger partial charge in [0.2, 0.25) is 0 Å². The van der Waals surface area contributed by atoms with Crippen LogP contribution < -0.4 is 0 Å². The molecular weight excluding hydrogens is 413 g/mol. The lowest BCUT2D eigenvalue weighted by molar-refractivity contribution is -0.139. The number of nitrogens with zero attached hydrogens (tertiary/aromatic N) is 3. The number of carbonyl (C=O) groups excluding carboxylic acids is 2. The maximum atomic E-state index is 12.9. The fraction of sp³-hybridized carbons (Fsp3) is 0.286. The first kappa shape index (κ1) is 21.3. The lowest BCUT2D eigenvalue weighted by Crippen LogP contribution is -2.32. The molecule has 2 aromatic rings. The summed E-state index contributed by atoms with van der Waals surface area (Å²) in [6.07, 6.45) is 3.69. The molecule has 1 atom stereocenters. The molecule has 1 aliphatic heterocycles. The molecule has 1 aromatic carbocycles. The average Bonchev–Trinajstić information content (AvgIpc) is 2.95. The van der Waals surface area contributed by atoms with Crippen molar-refractivity contribution in [3.8, 4) is 0 Å². The topological polar surface area (TPSA) is 73.7 Å². The Morgan fingerprint density at radius 2 is 1.83 bits per heavy atom. The number of benzene rings is 1. The van der Waals surface area contributed by atoms with E-state index in [2.05, 4.69) is 4.98 Å². The lowest BCUT2D eigenvalue weighted by Gasteiger charge is -2.26. The Bertz CT molecular complexity index is 961. The van der Waals surface area contributed by atoms with Crippen molar-refractivity contribution in [1.29, 1.82) is 0 Å². The molecule has 1 unspecified atom stereocenters. The molecule has 0 bridgehead atoms. The third kappa shape index (κ3) is 4.45. The van der Waals surface area contributed by atoms with E-state index in [0.717, 1.165) is 6.54 Å². The van der Waals surface area contributed by atoms with E-state index in [4.69, 9.17) is 23.2 Å². The third-order valence-corrected chi connectivity index (χ3v) is 5.50. The smallest absolute Gasteiger partial charge is 0.295 e. The molecule has 1 fully saturated rings. The van der Waals surface area contributed by atoms with E-state index in [1.165, 1.54) is 17.3 Å². The fourth-order valence-corrected chi connectivity index (χ4v) is 3.67. The minimum atomic E-state index is -0.750. The van der Waals surface area contributed by atoms with Crippen LogP contribution in [0.3, 0.4) is 0 Å². The Balaban J connectivity index is 2.11. The number of rotatable bonds is 6. The van der Waals surface area contributed by atoms with Crippen LogP contribution in [-0.2, 0) is 9.59 Å². The van der Waals surface area contributed by atoms with Crippen LogP contribution >= 0.6 is 23.2 Å². The Hall–Kier alpha value is -2.41. The summed E-state index contributed by atoms with van der Waals surface area (Å²) in [7, 11) is 3.88. The number of hydrogen-bond acceptors (Lipinski definition) is 5. The van der Waals surface area contributed by atoms with Gasteiger partial charge in [-0.3, -0.25) is 14.6 Å². The van der Waals surface area contributed by atoms with Crippen LogP contribution in [0.4, 0.5) is 0 Å². The molecule has 0 spiro atoms. The molecule has 1 saturated heterocycles. The first-order chi connectivity index (χ1) is 13.8. The Kier molecular flexibility index (Phi) is 6.57. The standard InChI is InChI=1S/C21H21Cl2N3O3/c1-25(2)10-3-11-26-18(14-4-5-15(22)16(23)12-14)17(20(28)21(26)29)19(27)13-6-8-24-9-7-13/h4-9,12,18,27H,3,10-11H2,1-2H3. The number of aliphatic hydroxyl groups is 1. The SMILES string of the molecule is CN(C)CCCN1C(=O)C(=O)C(=C(O)c2ccncc2)C1c1ccc(Cl)c(Cl)c1. The third-order valence-electron chi connectivity index (χ3n) is 4.76. The highest BCUT2D eigenvalue weighted by Crippen LogP contribution is 2.40. The van der Waals surface area contributed by atoms with Gasteiger partial charge in [0.15, 0.2) is 0 Å². The lowest BCUT2D eigenvalue weighted by atomic mass is 9.95. The maximum absolute atomic E-state index is 12.9. The number of halogens is 2.